The molecule has 1 atom stereocenters. The zero-order valence-corrected chi connectivity index (χ0v) is 19.8. The van der Waals surface area contributed by atoms with Crippen LogP contribution in [0.25, 0.3) is 11.1 Å². The van der Waals surface area contributed by atoms with Crippen LogP contribution in [0.3, 0.4) is 0 Å². The van der Waals surface area contributed by atoms with Crippen molar-refractivity contribution in [2.24, 2.45) is 7.05 Å². The molecule has 4 rings (SSSR count). The van der Waals surface area contributed by atoms with E-state index in [-0.39, 0.29) is 31.9 Å². The molecule has 1 heterocycles. The highest BCUT2D eigenvalue weighted by molar-refractivity contribution is 5.86. The number of alkyl carbamates (subject to hydrolysis) is 1. The van der Waals surface area contributed by atoms with E-state index in [1.807, 2.05) is 67.1 Å². The van der Waals surface area contributed by atoms with Crippen LogP contribution in [0, 0.1) is 6.92 Å². The van der Waals surface area contributed by atoms with Crippen molar-refractivity contribution in [3.05, 3.63) is 83.2 Å². The van der Waals surface area contributed by atoms with E-state index < -0.39 is 24.0 Å². The smallest absolute Gasteiger partial charge is 0.407 e. The molecule has 2 aromatic carbocycles. The molecule has 8 heteroatoms. The van der Waals surface area contributed by atoms with Gasteiger partial charge in [0, 0.05) is 30.8 Å². The maximum atomic E-state index is 12.8. The fourth-order valence-corrected chi connectivity index (χ4v) is 4.46. The lowest BCUT2D eigenvalue weighted by molar-refractivity contribution is -0.137. The van der Waals surface area contributed by atoms with Gasteiger partial charge in [-0.3, -0.25) is 9.59 Å². The highest BCUT2D eigenvalue weighted by atomic mass is 16.5. The fourth-order valence-electron chi connectivity index (χ4n) is 4.46. The van der Waals surface area contributed by atoms with Gasteiger partial charge >= 0.3 is 12.1 Å². The SMILES string of the molecule is Cc1ccc(CNC(=O)C(CCC(=O)O)NC(=O)OCC2c3ccccc3-c3ccccc32)n1C. The average molecular weight is 476 g/mol. The quantitative estimate of drug-likeness (QED) is 0.437. The van der Waals surface area contributed by atoms with E-state index in [2.05, 4.69) is 22.8 Å². The summed E-state index contributed by atoms with van der Waals surface area (Å²) in [5.41, 5.74) is 6.35. The molecule has 3 N–H and O–H groups in total. The molecule has 35 heavy (non-hydrogen) atoms. The van der Waals surface area contributed by atoms with Crippen molar-refractivity contribution < 1.29 is 24.2 Å². The van der Waals surface area contributed by atoms with Crippen molar-refractivity contribution in [2.75, 3.05) is 6.61 Å². The van der Waals surface area contributed by atoms with Gasteiger partial charge in [0.1, 0.15) is 12.6 Å². The number of aryl methyl sites for hydroxylation is 1. The highest BCUT2D eigenvalue weighted by Crippen LogP contribution is 2.44. The van der Waals surface area contributed by atoms with Crippen LogP contribution in [-0.4, -0.2) is 40.3 Å². The number of fused-ring (bicyclic) bond motifs is 3. The molecule has 1 aromatic heterocycles. The van der Waals surface area contributed by atoms with Crippen LogP contribution >= 0.6 is 0 Å². The first kappa shape index (κ1) is 24.1. The van der Waals surface area contributed by atoms with Crippen LogP contribution in [0.15, 0.2) is 60.7 Å². The van der Waals surface area contributed by atoms with E-state index >= 15 is 0 Å². The Hall–Kier alpha value is -4.07. The number of ether oxygens (including phenoxy) is 1. The summed E-state index contributed by atoms with van der Waals surface area (Å²) in [5.74, 6) is -1.62. The summed E-state index contributed by atoms with van der Waals surface area (Å²) in [5, 5.41) is 14.4. The lowest BCUT2D eigenvalue weighted by atomic mass is 9.98. The van der Waals surface area contributed by atoms with Gasteiger partial charge in [-0.05, 0) is 47.7 Å². The highest BCUT2D eigenvalue weighted by Gasteiger charge is 2.30. The number of benzene rings is 2. The normalized spacial score (nSPS) is 13.0. The summed E-state index contributed by atoms with van der Waals surface area (Å²) in [6, 6.07) is 18.8. The predicted molar refractivity (Wildman–Crippen MR) is 131 cm³/mol. The number of hydrogen-bond acceptors (Lipinski definition) is 4. The molecular formula is C27H29N3O5. The number of carboxylic acid groups (broad SMARTS) is 1. The number of aliphatic carboxylic acids is 1. The second-order valence-corrected chi connectivity index (χ2v) is 8.70. The lowest BCUT2D eigenvalue weighted by Gasteiger charge is -2.19. The Morgan fingerprint density at radius 3 is 2.20 bits per heavy atom. The van der Waals surface area contributed by atoms with Crippen LogP contribution < -0.4 is 10.6 Å². The largest absolute Gasteiger partial charge is 0.481 e. The van der Waals surface area contributed by atoms with Gasteiger partial charge in [-0.25, -0.2) is 4.79 Å². The number of aromatic nitrogens is 1. The maximum absolute atomic E-state index is 12.8. The van der Waals surface area contributed by atoms with Gasteiger partial charge in [0.2, 0.25) is 5.91 Å². The van der Waals surface area contributed by atoms with Crippen LogP contribution in [0.4, 0.5) is 4.79 Å². The van der Waals surface area contributed by atoms with Gasteiger partial charge < -0.3 is 25.0 Å². The molecule has 2 amide bonds. The second kappa shape index (κ2) is 10.5. The molecular weight excluding hydrogens is 446 g/mol. The van der Waals surface area contributed by atoms with Gasteiger partial charge in [-0.1, -0.05) is 48.5 Å². The third-order valence-corrected chi connectivity index (χ3v) is 6.52. The van der Waals surface area contributed by atoms with Crippen molar-refractivity contribution in [3.8, 4) is 11.1 Å². The van der Waals surface area contributed by atoms with E-state index in [0.717, 1.165) is 33.6 Å². The van der Waals surface area contributed by atoms with Gasteiger partial charge in [0.05, 0.1) is 6.54 Å². The average Bonchev–Trinajstić information content (AvgIpc) is 3.35. The Morgan fingerprint density at radius 2 is 1.63 bits per heavy atom. The molecule has 1 unspecified atom stereocenters. The minimum Gasteiger partial charge on any atom is -0.481 e. The first-order valence-corrected chi connectivity index (χ1v) is 11.6. The number of rotatable bonds is 9. The molecule has 3 aromatic rings. The molecule has 0 aliphatic heterocycles. The number of nitrogens with zero attached hydrogens (tertiary/aromatic N) is 1. The second-order valence-electron chi connectivity index (χ2n) is 8.70. The van der Waals surface area contributed by atoms with Crippen LogP contribution in [-0.2, 0) is 27.9 Å². The van der Waals surface area contributed by atoms with Gasteiger partial charge in [0.25, 0.3) is 0 Å². The fraction of sp³-hybridized carbons (Fsp3) is 0.296. The molecule has 182 valence electrons. The zero-order valence-electron chi connectivity index (χ0n) is 19.8. The third kappa shape index (κ3) is 5.37. The number of carbonyl (C=O) groups excluding carboxylic acids is 2. The third-order valence-electron chi connectivity index (χ3n) is 6.52. The van der Waals surface area contributed by atoms with Crippen molar-refractivity contribution in [3.63, 3.8) is 0 Å². The molecule has 0 spiro atoms. The summed E-state index contributed by atoms with van der Waals surface area (Å²) in [6.45, 7) is 2.33. The Morgan fingerprint density at radius 1 is 1.00 bits per heavy atom. The monoisotopic (exact) mass is 475 g/mol. The maximum Gasteiger partial charge on any atom is 0.407 e. The predicted octanol–water partition coefficient (Wildman–Crippen LogP) is 3.72. The molecule has 1 aliphatic rings. The number of carbonyl (C=O) groups is 3. The van der Waals surface area contributed by atoms with Crippen molar-refractivity contribution in [2.45, 2.75) is 38.3 Å². The molecule has 8 nitrogen and oxygen atoms in total. The van der Waals surface area contributed by atoms with Crippen LogP contribution in [0.2, 0.25) is 0 Å². The zero-order chi connectivity index (χ0) is 24.9. The number of nitrogens with one attached hydrogen (secondary N) is 2. The molecule has 0 radical (unpaired) electrons. The molecule has 0 saturated carbocycles. The van der Waals surface area contributed by atoms with E-state index in [1.165, 1.54) is 0 Å². The van der Waals surface area contributed by atoms with Gasteiger partial charge in [0.15, 0.2) is 0 Å². The lowest BCUT2D eigenvalue weighted by Crippen LogP contribution is -2.47. The number of hydrogen-bond donors (Lipinski definition) is 3. The van der Waals surface area contributed by atoms with Crippen molar-refractivity contribution in [1.82, 2.24) is 15.2 Å². The summed E-state index contributed by atoms with van der Waals surface area (Å²) in [4.78, 5) is 36.5. The Bertz CT molecular complexity index is 1200. The Kier molecular flexibility index (Phi) is 7.19. The van der Waals surface area contributed by atoms with Gasteiger partial charge in [-0.15, -0.1) is 0 Å². The number of amides is 2. The summed E-state index contributed by atoms with van der Waals surface area (Å²) < 4.78 is 7.48. The van der Waals surface area contributed by atoms with Crippen LogP contribution in [0.1, 0.15) is 41.3 Å². The number of carboxylic acids is 1. The van der Waals surface area contributed by atoms with Crippen LogP contribution in [0.5, 0.6) is 0 Å². The van der Waals surface area contributed by atoms with E-state index in [0.29, 0.717) is 0 Å². The summed E-state index contributed by atoms with van der Waals surface area (Å²) in [7, 11) is 1.90. The van der Waals surface area contributed by atoms with Gasteiger partial charge in [-0.2, -0.15) is 0 Å². The molecule has 0 fully saturated rings. The Balaban J connectivity index is 1.39. The van der Waals surface area contributed by atoms with Crippen molar-refractivity contribution >= 4 is 18.0 Å². The Labute approximate surface area is 203 Å². The standard InChI is InChI=1S/C27H29N3O5/c1-17-11-12-18(30(17)2)15-28-26(33)24(13-14-25(31)32)29-27(34)35-16-23-21-9-5-3-7-19(21)20-8-4-6-10-22(20)23/h3-12,23-24H,13-16H2,1-2H3,(H,28,33)(H,29,34)(H,31,32). The van der Waals surface area contributed by atoms with E-state index in [4.69, 9.17) is 9.84 Å². The molecule has 0 saturated heterocycles. The molecule has 1 aliphatic carbocycles. The van der Waals surface area contributed by atoms with Crippen molar-refractivity contribution in [1.29, 1.82) is 0 Å². The topological polar surface area (TPSA) is 110 Å². The van der Waals surface area contributed by atoms with E-state index in [9.17, 15) is 14.4 Å². The first-order valence-electron chi connectivity index (χ1n) is 11.6. The summed E-state index contributed by atoms with van der Waals surface area (Å²) >= 11 is 0. The molecule has 0 bridgehead atoms. The van der Waals surface area contributed by atoms with E-state index in [1.54, 1.807) is 0 Å². The summed E-state index contributed by atoms with van der Waals surface area (Å²) in [6.07, 6.45) is -1.06. The first-order chi connectivity index (χ1) is 16.8. The minimum atomic E-state index is -1.05. The minimum absolute atomic E-state index is 0.0441.